The molecule has 1 aromatic heterocycles. The number of carbonyl (C=O) groups excluding carboxylic acids is 1. The van der Waals surface area contributed by atoms with Gasteiger partial charge in [-0.1, -0.05) is 48.5 Å². The first-order valence-electron chi connectivity index (χ1n) is 8.73. The number of rotatable bonds is 5. The van der Waals surface area contributed by atoms with Crippen LogP contribution in [0.25, 0.3) is 5.69 Å². The Kier molecular flexibility index (Phi) is 5.01. The van der Waals surface area contributed by atoms with Gasteiger partial charge in [-0.25, -0.2) is 4.68 Å². The second kappa shape index (κ2) is 7.25. The molecule has 3 rings (SSSR count). The summed E-state index contributed by atoms with van der Waals surface area (Å²) in [6, 6.07) is 18.2. The third-order valence-electron chi connectivity index (χ3n) is 4.72. The van der Waals surface area contributed by atoms with Crippen molar-refractivity contribution in [3.8, 4) is 5.69 Å². The van der Waals surface area contributed by atoms with Gasteiger partial charge in [0.05, 0.1) is 23.4 Å². The van der Waals surface area contributed by atoms with Crippen LogP contribution in [0.1, 0.15) is 24.6 Å². The first-order chi connectivity index (χ1) is 12.8. The molecule has 27 heavy (non-hydrogen) atoms. The van der Waals surface area contributed by atoms with Crippen molar-refractivity contribution in [2.24, 2.45) is 7.05 Å². The smallest absolute Gasteiger partial charge is 0.295 e. The average Bonchev–Trinajstić information content (AvgIpc) is 2.86. The Morgan fingerprint density at radius 1 is 1.07 bits per heavy atom. The molecule has 0 radical (unpaired) electrons. The number of nitrogens with zero attached hydrogens (tertiary/aromatic N) is 2. The maximum absolute atomic E-state index is 12.8. The van der Waals surface area contributed by atoms with Gasteiger partial charge in [-0.05, 0) is 31.5 Å². The van der Waals surface area contributed by atoms with E-state index in [0.29, 0.717) is 16.9 Å². The Morgan fingerprint density at radius 3 is 2.22 bits per heavy atom. The molecular formula is C21H23N3O3. The molecule has 0 aliphatic rings. The number of hydrogen-bond donors (Lipinski definition) is 2. The topological polar surface area (TPSA) is 76.3 Å². The van der Waals surface area contributed by atoms with E-state index in [9.17, 15) is 14.7 Å². The lowest BCUT2D eigenvalue weighted by molar-refractivity contribution is -0.120. The predicted molar refractivity (Wildman–Crippen MR) is 105 cm³/mol. The molecule has 2 aromatic carbocycles. The largest absolute Gasteiger partial charge is 0.385 e. The molecule has 0 spiro atoms. The average molecular weight is 365 g/mol. The minimum Gasteiger partial charge on any atom is -0.385 e. The maximum atomic E-state index is 12.8. The van der Waals surface area contributed by atoms with E-state index in [2.05, 4.69) is 5.32 Å². The lowest BCUT2D eigenvalue weighted by atomic mass is 9.92. The maximum Gasteiger partial charge on any atom is 0.295 e. The number of para-hydroxylation sites is 1. The van der Waals surface area contributed by atoms with E-state index < -0.39 is 11.5 Å². The highest BCUT2D eigenvalue weighted by molar-refractivity contribution is 5.92. The second-order valence-corrected chi connectivity index (χ2v) is 6.80. The number of aliphatic hydroxyl groups is 1. The summed E-state index contributed by atoms with van der Waals surface area (Å²) in [5.74, 6) is -0.421. The minimum absolute atomic E-state index is 0.157. The molecule has 2 N–H and O–H groups in total. The van der Waals surface area contributed by atoms with Crippen LogP contribution in [0.4, 0.5) is 5.69 Å². The van der Waals surface area contributed by atoms with Crippen molar-refractivity contribution in [1.29, 1.82) is 0 Å². The molecule has 6 nitrogen and oxygen atoms in total. The van der Waals surface area contributed by atoms with Crippen molar-refractivity contribution < 1.29 is 9.90 Å². The molecule has 140 valence electrons. The number of aromatic nitrogens is 2. The fraction of sp³-hybridized carbons (Fsp3) is 0.238. The highest BCUT2D eigenvalue weighted by Gasteiger charge is 2.28. The normalized spacial score (nSPS) is 13.2. The molecule has 0 aliphatic heterocycles. The summed E-state index contributed by atoms with van der Waals surface area (Å²) in [6.07, 6.45) is -0.157. The standard InChI is InChI=1S/C21H23N3O3/c1-15-19(20(26)24(23(15)3)17-12-8-5-9-13-17)22-18(25)14-21(2,27)16-10-6-4-7-11-16/h4-13,27H,14H2,1-3H3,(H,22,25). The minimum atomic E-state index is -1.33. The summed E-state index contributed by atoms with van der Waals surface area (Å²) in [7, 11) is 1.76. The Morgan fingerprint density at radius 2 is 1.63 bits per heavy atom. The lowest BCUT2D eigenvalue weighted by Gasteiger charge is -2.23. The number of hydrogen-bond acceptors (Lipinski definition) is 3. The van der Waals surface area contributed by atoms with Gasteiger partial charge in [0, 0.05) is 7.05 Å². The monoisotopic (exact) mass is 365 g/mol. The van der Waals surface area contributed by atoms with Gasteiger partial charge in [0.2, 0.25) is 5.91 Å². The summed E-state index contributed by atoms with van der Waals surface area (Å²) in [4.78, 5) is 25.4. The number of benzene rings is 2. The van der Waals surface area contributed by atoms with Crippen molar-refractivity contribution in [3.05, 3.63) is 82.3 Å². The fourth-order valence-corrected chi connectivity index (χ4v) is 3.11. The molecule has 0 bridgehead atoms. The van der Waals surface area contributed by atoms with Crippen LogP contribution in [0.3, 0.4) is 0 Å². The van der Waals surface area contributed by atoms with Crippen LogP contribution in [-0.2, 0) is 17.4 Å². The molecule has 0 aliphatic carbocycles. The molecular weight excluding hydrogens is 342 g/mol. The van der Waals surface area contributed by atoms with E-state index >= 15 is 0 Å². The van der Waals surface area contributed by atoms with Gasteiger partial charge >= 0.3 is 0 Å². The van der Waals surface area contributed by atoms with Crippen molar-refractivity contribution >= 4 is 11.6 Å². The summed E-state index contributed by atoms with van der Waals surface area (Å²) < 4.78 is 3.20. The highest BCUT2D eigenvalue weighted by Crippen LogP contribution is 2.25. The van der Waals surface area contributed by atoms with E-state index in [0.717, 1.165) is 0 Å². The summed E-state index contributed by atoms with van der Waals surface area (Å²) >= 11 is 0. The number of anilines is 1. The van der Waals surface area contributed by atoms with Gasteiger partial charge in [0.15, 0.2) is 0 Å². The summed E-state index contributed by atoms with van der Waals surface area (Å²) in [5, 5.41) is 13.3. The molecule has 1 unspecified atom stereocenters. The van der Waals surface area contributed by atoms with Crippen molar-refractivity contribution in [2.75, 3.05) is 5.32 Å². The van der Waals surface area contributed by atoms with Gasteiger partial charge in [0.25, 0.3) is 5.56 Å². The molecule has 0 fully saturated rings. The first-order valence-corrected chi connectivity index (χ1v) is 8.73. The van der Waals surface area contributed by atoms with Gasteiger partial charge in [0.1, 0.15) is 5.69 Å². The fourth-order valence-electron chi connectivity index (χ4n) is 3.11. The molecule has 0 saturated heterocycles. The SMILES string of the molecule is Cc1c(NC(=O)CC(C)(O)c2ccccc2)c(=O)n(-c2ccccc2)n1C. The van der Waals surface area contributed by atoms with Gasteiger partial charge in [-0.15, -0.1) is 0 Å². The van der Waals surface area contributed by atoms with Gasteiger partial charge in [-0.2, -0.15) is 0 Å². The van der Waals surface area contributed by atoms with Crippen molar-refractivity contribution in [1.82, 2.24) is 9.36 Å². The molecule has 1 amide bonds. The lowest BCUT2D eigenvalue weighted by Crippen LogP contribution is -2.30. The third kappa shape index (κ3) is 3.71. The van der Waals surface area contributed by atoms with Crippen LogP contribution < -0.4 is 10.9 Å². The number of nitrogens with one attached hydrogen (secondary N) is 1. The van der Waals surface area contributed by atoms with Crippen LogP contribution in [-0.4, -0.2) is 20.4 Å². The zero-order valence-electron chi connectivity index (χ0n) is 15.6. The Hall–Kier alpha value is -3.12. The van der Waals surface area contributed by atoms with E-state index in [1.807, 2.05) is 48.5 Å². The quantitative estimate of drug-likeness (QED) is 0.730. The van der Waals surface area contributed by atoms with Gasteiger partial charge in [-0.3, -0.25) is 14.3 Å². The predicted octanol–water partition coefficient (Wildman–Crippen LogP) is 2.72. The van der Waals surface area contributed by atoms with Gasteiger partial charge < -0.3 is 10.4 Å². The summed E-state index contributed by atoms with van der Waals surface area (Å²) in [6.45, 7) is 3.35. The first kappa shape index (κ1) is 18.7. The highest BCUT2D eigenvalue weighted by atomic mass is 16.3. The van der Waals surface area contributed by atoms with E-state index in [1.54, 1.807) is 37.7 Å². The molecule has 3 aromatic rings. The Balaban J connectivity index is 1.86. The van der Waals surface area contributed by atoms with Crippen LogP contribution in [0.2, 0.25) is 0 Å². The van der Waals surface area contributed by atoms with Crippen molar-refractivity contribution in [3.63, 3.8) is 0 Å². The van der Waals surface area contributed by atoms with Crippen LogP contribution in [0.5, 0.6) is 0 Å². The Bertz CT molecular complexity index is 1000. The van der Waals surface area contributed by atoms with E-state index in [1.165, 1.54) is 4.68 Å². The van der Waals surface area contributed by atoms with E-state index in [4.69, 9.17) is 0 Å². The van der Waals surface area contributed by atoms with Crippen LogP contribution >= 0.6 is 0 Å². The van der Waals surface area contributed by atoms with Crippen LogP contribution in [0, 0.1) is 6.92 Å². The van der Waals surface area contributed by atoms with E-state index in [-0.39, 0.29) is 17.7 Å². The molecule has 1 heterocycles. The zero-order valence-corrected chi connectivity index (χ0v) is 15.6. The Labute approximate surface area is 157 Å². The zero-order chi connectivity index (χ0) is 19.6. The number of carbonyl (C=O) groups is 1. The van der Waals surface area contributed by atoms with Crippen LogP contribution in [0.15, 0.2) is 65.5 Å². The molecule has 0 saturated carbocycles. The summed E-state index contributed by atoms with van der Waals surface area (Å²) in [5.41, 5.74) is 0.573. The third-order valence-corrected chi connectivity index (χ3v) is 4.72. The van der Waals surface area contributed by atoms with Crippen molar-refractivity contribution in [2.45, 2.75) is 25.9 Å². The number of amides is 1. The molecule has 1 atom stereocenters. The second-order valence-electron chi connectivity index (χ2n) is 6.80. The molecule has 6 heteroatoms.